The number of benzene rings is 4. The van der Waals surface area contributed by atoms with Crippen LogP contribution in [0.3, 0.4) is 0 Å². The van der Waals surface area contributed by atoms with Crippen molar-refractivity contribution in [2.24, 2.45) is 5.73 Å². The summed E-state index contributed by atoms with van der Waals surface area (Å²) in [4.78, 5) is 13.0. The van der Waals surface area contributed by atoms with Crippen molar-refractivity contribution in [3.05, 3.63) is 108 Å². The summed E-state index contributed by atoms with van der Waals surface area (Å²) in [6, 6.07) is 27.2. The predicted octanol–water partition coefficient (Wildman–Crippen LogP) is 6.06. The van der Waals surface area contributed by atoms with Crippen LogP contribution in [0.4, 0.5) is 10.1 Å². The third kappa shape index (κ3) is 5.45. The molecule has 166 valence electrons. The molecule has 33 heavy (non-hydrogen) atoms. The SMILES string of the molecule is Cc1ccc(-c2cccc(NC(=O)c3ccc(OCCN)c(-c4ccc(F)cc4)c3)c2)cc1. The molecule has 0 fully saturated rings. The highest BCUT2D eigenvalue weighted by atomic mass is 19.1. The molecule has 0 radical (unpaired) electrons. The van der Waals surface area contributed by atoms with Gasteiger partial charge in [-0.25, -0.2) is 4.39 Å². The van der Waals surface area contributed by atoms with E-state index in [1.54, 1.807) is 30.3 Å². The molecule has 4 rings (SSSR count). The van der Waals surface area contributed by atoms with E-state index in [0.29, 0.717) is 35.7 Å². The van der Waals surface area contributed by atoms with Crippen molar-refractivity contribution in [1.29, 1.82) is 0 Å². The van der Waals surface area contributed by atoms with Gasteiger partial charge in [-0.1, -0.05) is 54.1 Å². The fourth-order valence-electron chi connectivity index (χ4n) is 3.55. The molecule has 0 aliphatic carbocycles. The third-order valence-corrected chi connectivity index (χ3v) is 5.28. The summed E-state index contributed by atoms with van der Waals surface area (Å²) in [5.74, 6) is 0.0142. The maximum absolute atomic E-state index is 13.4. The maximum Gasteiger partial charge on any atom is 0.255 e. The minimum absolute atomic E-state index is 0.246. The van der Waals surface area contributed by atoms with Crippen molar-refractivity contribution in [2.45, 2.75) is 6.92 Å². The molecule has 0 bridgehead atoms. The van der Waals surface area contributed by atoms with Crippen LogP contribution < -0.4 is 15.8 Å². The Balaban J connectivity index is 1.60. The van der Waals surface area contributed by atoms with Gasteiger partial charge in [-0.3, -0.25) is 4.79 Å². The van der Waals surface area contributed by atoms with E-state index in [-0.39, 0.29) is 11.7 Å². The highest BCUT2D eigenvalue weighted by Gasteiger charge is 2.13. The van der Waals surface area contributed by atoms with E-state index in [1.807, 2.05) is 31.2 Å². The summed E-state index contributed by atoms with van der Waals surface area (Å²) in [5, 5.41) is 2.97. The van der Waals surface area contributed by atoms with Crippen LogP contribution in [-0.2, 0) is 0 Å². The number of rotatable bonds is 7. The smallest absolute Gasteiger partial charge is 0.255 e. The highest BCUT2D eigenvalue weighted by molar-refractivity contribution is 6.05. The number of carbonyl (C=O) groups is 1. The monoisotopic (exact) mass is 440 g/mol. The summed E-state index contributed by atoms with van der Waals surface area (Å²) in [5.41, 5.74) is 11.5. The lowest BCUT2D eigenvalue weighted by Gasteiger charge is -2.14. The summed E-state index contributed by atoms with van der Waals surface area (Å²) in [6.07, 6.45) is 0. The minimum atomic E-state index is -0.328. The van der Waals surface area contributed by atoms with Crippen LogP contribution in [-0.4, -0.2) is 19.1 Å². The van der Waals surface area contributed by atoms with Crippen LogP contribution in [0, 0.1) is 12.7 Å². The zero-order valence-corrected chi connectivity index (χ0v) is 18.3. The van der Waals surface area contributed by atoms with E-state index in [4.69, 9.17) is 10.5 Å². The standard InChI is InChI=1S/C28H25FN2O2/c1-19-5-7-20(8-6-19)22-3-2-4-25(17-22)31-28(32)23-11-14-27(33-16-15-30)26(18-23)21-9-12-24(29)13-10-21/h2-14,17-18H,15-16,30H2,1H3,(H,31,32). The summed E-state index contributed by atoms with van der Waals surface area (Å²) in [7, 11) is 0. The van der Waals surface area contributed by atoms with Crippen molar-refractivity contribution in [3.8, 4) is 28.0 Å². The average Bonchev–Trinajstić information content (AvgIpc) is 2.84. The number of carbonyl (C=O) groups excluding carboxylic acids is 1. The molecule has 4 aromatic rings. The van der Waals surface area contributed by atoms with Gasteiger partial charge in [-0.2, -0.15) is 0 Å². The molecule has 0 aromatic heterocycles. The number of anilines is 1. The largest absolute Gasteiger partial charge is 0.492 e. The molecule has 4 nitrogen and oxygen atoms in total. The summed E-state index contributed by atoms with van der Waals surface area (Å²) < 4.78 is 19.2. The third-order valence-electron chi connectivity index (χ3n) is 5.28. The fourth-order valence-corrected chi connectivity index (χ4v) is 3.55. The zero-order chi connectivity index (χ0) is 23.2. The first-order valence-electron chi connectivity index (χ1n) is 10.7. The zero-order valence-electron chi connectivity index (χ0n) is 18.3. The van der Waals surface area contributed by atoms with Gasteiger partial charge in [0.2, 0.25) is 0 Å². The number of halogens is 1. The topological polar surface area (TPSA) is 64.3 Å². The Morgan fingerprint density at radius 1 is 0.879 bits per heavy atom. The first kappa shape index (κ1) is 22.2. The van der Waals surface area contributed by atoms with Crippen LogP contribution in [0.25, 0.3) is 22.3 Å². The van der Waals surface area contributed by atoms with Crippen molar-refractivity contribution < 1.29 is 13.9 Å². The van der Waals surface area contributed by atoms with Crippen LogP contribution in [0.15, 0.2) is 91.0 Å². The lowest BCUT2D eigenvalue weighted by atomic mass is 10.0. The first-order valence-corrected chi connectivity index (χ1v) is 10.7. The molecular formula is C28H25FN2O2. The van der Waals surface area contributed by atoms with Crippen molar-refractivity contribution in [3.63, 3.8) is 0 Å². The predicted molar refractivity (Wildman–Crippen MR) is 131 cm³/mol. The molecule has 0 heterocycles. The Labute approximate surface area is 192 Å². The molecule has 5 heteroatoms. The summed E-state index contributed by atoms with van der Waals surface area (Å²) in [6.45, 7) is 2.75. The molecule has 1 amide bonds. The fraction of sp³-hybridized carbons (Fsp3) is 0.107. The summed E-state index contributed by atoms with van der Waals surface area (Å²) >= 11 is 0. The van der Waals surface area contributed by atoms with Gasteiger partial charge in [0.25, 0.3) is 5.91 Å². The molecule has 0 unspecified atom stereocenters. The van der Waals surface area contributed by atoms with E-state index in [2.05, 4.69) is 29.6 Å². The molecule has 4 aromatic carbocycles. The van der Waals surface area contributed by atoms with Crippen molar-refractivity contribution in [1.82, 2.24) is 0 Å². The van der Waals surface area contributed by atoms with Gasteiger partial charge >= 0.3 is 0 Å². The van der Waals surface area contributed by atoms with Crippen LogP contribution in [0.2, 0.25) is 0 Å². The number of aryl methyl sites for hydroxylation is 1. The van der Waals surface area contributed by atoms with E-state index >= 15 is 0 Å². The normalized spacial score (nSPS) is 10.6. The number of ether oxygens (including phenoxy) is 1. The molecule has 0 spiro atoms. The number of amides is 1. The van der Waals surface area contributed by atoms with Gasteiger partial charge in [0.1, 0.15) is 18.2 Å². The van der Waals surface area contributed by atoms with Gasteiger partial charge in [0.05, 0.1) is 0 Å². The minimum Gasteiger partial charge on any atom is -0.492 e. The van der Waals surface area contributed by atoms with Gasteiger partial charge in [0.15, 0.2) is 0 Å². The number of hydrogen-bond acceptors (Lipinski definition) is 3. The first-order chi connectivity index (χ1) is 16.0. The van der Waals surface area contributed by atoms with E-state index in [1.165, 1.54) is 17.7 Å². The second-order valence-corrected chi connectivity index (χ2v) is 7.76. The Morgan fingerprint density at radius 2 is 1.61 bits per heavy atom. The lowest BCUT2D eigenvalue weighted by Crippen LogP contribution is -2.13. The second kappa shape index (κ2) is 10.1. The van der Waals surface area contributed by atoms with E-state index in [9.17, 15) is 9.18 Å². The molecule has 0 atom stereocenters. The maximum atomic E-state index is 13.4. The Kier molecular flexibility index (Phi) is 6.81. The molecule has 0 saturated carbocycles. The van der Waals surface area contributed by atoms with Crippen LogP contribution in [0.5, 0.6) is 5.75 Å². The number of nitrogens with one attached hydrogen (secondary N) is 1. The van der Waals surface area contributed by atoms with Crippen molar-refractivity contribution >= 4 is 11.6 Å². The Morgan fingerprint density at radius 3 is 2.33 bits per heavy atom. The lowest BCUT2D eigenvalue weighted by molar-refractivity contribution is 0.102. The number of nitrogens with two attached hydrogens (primary N) is 1. The van der Waals surface area contributed by atoms with Gasteiger partial charge < -0.3 is 15.8 Å². The molecule has 0 aliphatic rings. The number of hydrogen-bond donors (Lipinski definition) is 2. The van der Waals surface area contributed by atoms with Crippen LogP contribution >= 0.6 is 0 Å². The highest BCUT2D eigenvalue weighted by Crippen LogP contribution is 2.32. The average molecular weight is 441 g/mol. The molecule has 0 aliphatic heterocycles. The van der Waals surface area contributed by atoms with Crippen LogP contribution in [0.1, 0.15) is 15.9 Å². The quantitative estimate of drug-likeness (QED) is 0.367. The Hall–Kier alpha value is -3.96. The van der Waals surface area contributed by atoms with Gasteiger partial charge in [-0.15, -0.1) is 0 Å². The van der Waals surface area contributed by atoms with E-state index in [0.717, 1.165) is 16.7 Å². The van der Waals surface area contributed by atoms with Gasteiger partial charge in [-0.05, 0) is 66.1 Å². The van der Waals surface area contributed by atoms with Crippen molar-refractivity contribution in [2.75, 3.05) is 18.5 Å². The van der Waals surface area contributed by atoms with Gasteiger partial charge in [0, 0.05) is 23.4 Å². The second-order valence-electron chi connectivity index (χ2n) is 7.76. The Bertz CT molecular complexity index is 1250. The molecule has 3 N–H and O–H groups in total. The molecular weight excluding hydrogens is 415 g/mol. The molecule has 0 saturated heterocycles. The van der Waals surface area contributed by atoms with E-state index < -0.39 is 0 Å².